The van der Waals surface area contributed by atoms with E-state index in [9.17, 15) is 8.42 Å². The molecule has 2 aromatic carbocycles. The summed E-state index contributed by atoms with van der Waals surface area (Å²) in [7, 11) is -3.60. The standard InChI is InChI=1S/C21H27NO2S/c1-4-6-10-18(5-2)21(19-11-8-7-9-12-19)22-25(23,24)20-15-13-17(3)14-16-20/h5,7-9,11-16,18,21-22H,2,4,6,10H2,1,3H3/t18-,21-/m0/s1. The molecule has 2 rings (SSSR count). The smallest absolute Gasteiger partial charge is 0.207 e. The van der Waals surface area contributed by atoms with Gasteiger partial charge in [0, 0.05) is 0 Å². The second-order valence-corrected chi connectivity index (χ2v) is 8.08. The molecule has 0 aliphatic rings. The lowest BCUT2D eigenvalue weighted by Crippen LogP contribution is -2.33. The first-order valence-electron chi connectivity index (χ1n) is 8.74. The Morgan fingerprint density at radius 2 is 1.72 bits per heavy atom. The summed E-state index contributed by atoms with van der Waals surface area (Å²) in [5.74, 6) is 0.0440. The fourth-order valence-electron chi connectivity index (χ4n) is 2.88. The summed E-state index contributed by atoms with van der Waals surface area (Å²) in [5, 5.41) is 0. The van der Waals surface area contributed by atoms with Crippen LogP contribution in [0.4, 0.5) is 0 Å². The highest BCUT2D eigenvalue weighted by atomic mass is 32.2. The van der Waals surface area contributed by atoms with Crippen LogP contribution in [0, 0.1) is 12.8 Å². The van der Waals surface area contributed by atoms with Crippen LogP contribution in [0.15, 0.2) is 72.1 Å². The SMILES string of the molecule is C=C[C@@H](CCCC)[C@H](NS(=O)(=O)c1ccc(C)cc1)c1ccccc1. The summed E-state index contributed by atoms with van der Waals surface area (Å²) >= 11 is 0. The lowest BCUT2D eigenvalue weighted by molar-refractivity contribution is 0.433. The van der Waals surface area contributed by atoms with Gasteiger partial charge < -0.3 is 0 Å². The van der Waals surface area contributed by atoms with E-state index in [1.165, 1.54) is 0 Å². The summed E-state index contributed by atoms with van der Waals surface area (Å²) in [5.41, 5.74) is 1.99. The Labute approximate surface area is 151 Å². The van der Waals surface area contributed by atoms with Crippen molar-refractivity contribution in [3.8, 4) is 0 Å². The average molecular weight is 358 g/mol. The fraction of sp³-hybridized carbons (Fsp3) is 0.333. The predicted molar refractivity (Wildman–Crippen MR) is 104 cm³/mol. The maximum absolute atomic E-state index is 12.9. The molecule has 0 aliphatic heterocycles. The molecule has 134 valence electrons. The fourth-order valence-corrected chi connectivity index (χ4v) is 4.15. The Morgan fingerprint density at radius 1 is 1.08 bits per heavy atom. The van der Waals surface area contributed by atoms with Gasteiger partial charge in [-0.05, 0) is 37.0 Å². The van der Waals surface area contributed by atoms with Crippen LogP contribution in [0.2, 0.25) is 0 Å². The zero-order chi connectivity index (χ0) is 18.3. The first kappa shape index (κ1) is 19.4. The predicted octanol–water partition coefficient (Wildman–Crippen LogP) is 5.01. The molecular formula is C21H27NO2S. The zero-order valence-electron chi connectivity index (χ0n) is 15.0. The number of nitrogens with one attached hydrogen (secondary N) is 1. The topological polar surface area (TPSA) is 46.2 Å². The molecule has 0 heterocycles. The molecule has 0 amide bonds. The maximum Gasteiger partial charge on any atom is 0.241 e. The van der Waals surface area contributed by atoms with Crippen LogP contribution in [0.3, 0.4) is 0 Å². The minimum atomic E-state index is -3.60. The van der Waals surface area contributed by atoms with Crippen molar-refractivity contribution in [3.05, 3.63) is 78.4 Å². The van der Waals surface area contributed by atoms with Crippen LogP contribution in [0.1, 0.15) is 43.4 Å². The number of hydrogen-bond donors (Lipinski definition) is 1. The minimum absolute atomic E-state index is 0.0440. The molecule has 1 N–H and O–H groups in total. The van der Waals surface area contributed by atoms with Gasteiger partial charge in [0.1, 0.15) is 0 Å². The third-order valence-corrected chi connectivity index (χ3v) is 5.85. The van der Waals surface area contributed by atoms with E-state index in [1.54, 1.807) is 12.1 Å². The van der Waals surface area contributed by atoms with E-state index in [2.05, 4.69) is 18.2 Å². The van der Waals surface area contributed by atoms with Crippen LogP contribution in [-0.2, 0) is 10.0 Å². The van der Waals surface area contributed by atoms with Crippen LogP contribution in [-0.4, -0.2) is 8.42 Å². The molecule has 2 aromatic rings. The molecule has 0 unspecified atom stereocenters. The number of unbranched alkanes of at least 4 members (excludes halogenated alkanes) is 1. The summed E-state index contributed by atoms with van der Waals surface area (Å²) in [6.07, 6.45) is 4.86. The maximum atomic E-state index is 12.9. The second kappa shape index (κ2) is 8.97. The van der Waals surface area contributed by atoms with Gasteiger partial charge in [0.2, 0.25) is 10.0 Å². The van der Waals surface area contributed by atoms with Crippen molar-refractivity contribution in [3.63, 3.8) is 0 Å². The number of aryl methyl sites for hydroxylation is 1. The minimum Gasteiger partial charge on any atom is -0.207 e. The molecule has 0 aromatic heterocycles. The van der Waals surface area contributed by atoms with E-state index in [1.807, 2.05) is 55.5 Å². The number of rotatable bonds is 9. The van der Waals surface area contributed by atoms with E-state index >= 15 is 0 Å². The highest BCUT2D eigenvalue weighted by Crippen LogP contribution is 2.29. The lowest BCUT2D eigenvalue weighted by Gasteiger charge is -2.26. The quantitative estimate of drug-likeness (QED) is 0.641. The van der Waals surface area contributed by atoms with Gasteiger partial charge in [-0.15, -0.1) is 6.58 Å². The molecule has 3 nitrogen and oxygen atoms in total. The monoisotopic (exact) mass is 357 g/mol. The van der Waals surface area contributed by atoms with Crippen molar-refractivity contribution >= 4 is 10.0 Å². The van der Waals surface area contributed by atoms with Crippen molar-refractivity contribution in [1.29, 1.82) is 0 Å². The van der Waals surface area contributed by atoms with Crippen LogP contribution in [0.5, 0.6) is 0 Å². The van der Waals surface area contributed by atoms with E-state index < -0.39 is 10.0 Å². The molecule has 2 atom stereocenters. The Balaban J connectivity index is 2.35. The number of hydrogen-bond acceptors (Lipinski definition) is 2. The molecule has 0 fully saturated rings. The molecule has 4 heteroatoms. The van der Waals surface area contributed by atoms with Crippen LogP contribution < -0.4 is 4.72 Å². The van der Waals surface area contributed by atoms with Crippen molar-refractivity contribution in [2.45, 2.75) is 44.0 Å². The first-order valence-corrected chi connectivity index (χ1v) is 10.2. The lowest BCUT2D eigenvalue weighted by atomic mass is 9.89. The van der Waals surface area contributed by atoms with E-state index in [-0.39, 0.29) is 16.9 Å². The van der Waals surface area contributed by atoms with Gasteiger partial charge >= 0.3 is 0 Å². The van der Waals surface area contributed by atoms with Gasteiger partial charge in [0.05, 0.1) is 10.9 Å². The zero-order valence-corrected chi connectivity index (χ0v) is 15.8. The Hall–Kier alpha value is -1.91. The van der Waals surface area contributed by atoms with Crippen LogP contribution >= 0.6 is 0 Å². The summed E-state index contributed by atoms with van der Waals surface area (Å²) in [6.45, 7) is 8.01. The molecule has 0 saturated carbocycles. The largest absolute Gasteiger partial charge is 0.241 e. The Bertz CT molecular complexity index is 767. The highest BCUT2D eigenvalue weighted by Gasteiger charge is 2.26. The number of benzene rings is 2. The van der Waals surface area contributed by atoms with E-state index in [4.69, 9.17) is 0 Å². The van der Waals surface area contributed by atoms with Gasteiger partial charge in [-0.25, -0.2) is 13.1 Å². The molecule has 0 radical (unpaired) electrons. The normalized spacial score (nSPS) is 14.0. The van der Waals surface area contributed by atoms with Gasteiger partial charge in [-0.2, -0.15) is 0 Å². The summed E-state index contributed by atoms with van der Waals surface area (Å²) in [6, 6.07) is 16.3. The molecule has 0 bridgehead atoms. The van der Waals surface area contributed by atoms with Crippen LogP contribution in [0.25, 0.3) is 0 Å². The molecule has 25 heavy (non-hydrogen) atoms. The van der Waals surface area contributed by atoms with Crippen molar-refractivity contribution in [2.75, 3.05) is 0 Å². The third-order valence-electron chi connectivity index (χ3n) is 4.39. The Morgan fingerprint density at radius 3 is 2.28 bits per heavy atom. The Kier molecular flexibility index (Phi) is 6.97. The van der Waals surface area contributed by atoms with Gasteiger partial charge in [-0.1, -0.05) is 73.9 Å². The molecule has 0 saturated heterocycles. The van der Waals surface area contributed by atoms with E-state index in [0.717, 1.165) is 30.4 Å². The third kappa shape index (κ3) is 5.28. The average Bonchev–Trinajstić information content (AvgIpc) is 2.62. The highest BCUT2D eigenvalue weighted by molar-refractivity contribution is 7.89. The first-order chi connectivity index (χ1) is 12.0. The number of sulfonamides is 1. The van der Waals surface area contributed by atoms with Gasteiger partial charge in [0.25, 0.3) is 0 Å². The van der Waals surface area contributed by atoms with Crippen molar-refractivity contribution in [2.24, 2.45) is 5.92 Å². The summed E-state index contributed by atoms with van der Waals surface area (Å²) < 4.78 is 28.7. The van der Waals surface area contributed by atoms with Crippen molar-refractivity contribution < 1.29 is 8.42 Å². The van der Waals surface area contributed by atoms with E-state index in [0.29, 0.717) is 0 Å². The molecular weight excluding hydrogens is 330 g/mol. The van der Waals surface area contributed by atoms with Gasteiger partial charge in [0.15, 0.2) is 0 Å². The summed E-state index contributed by atoms with van der Waals surface area (Å²) in [4.78, 5) is 0.289. The molecule has 0 spiro atoms. The molecule has 0 aliphatic carbocycles. The van der Waals surface area contributed by atoms with Gasteiger partial charge in [-0.3, -0.25) is 0 Å². The second-order valence-electron chi connectivity index (χ2n) is 6.36. The van der Waals surface area contributed by atoms with Crippen molar-refractivity contribution in [1.82, 2.24) is 4.72 Å².